The molecule has 2 aromatic carbocycles. The van der Waals surface area contributed by atoms with Crippen molar-refractivity contribution in [1.82, 2.24) is 20.3 Å². The van der Waals surface area contributed by atoms with Gasteiger partial charge in [0.05, 0.1) is 9.85 Å². The molecule has 202 valence electrons. The first-order valence-corrected chi connectivity index (χ1v) is 12.0. The van der Waals surface area contributed by atoms with E-state index in [0.29, 0.717) is 38.5 Å². The van der Waals surface area contributed by atoms with Crippen LogP contribution in [-0.4, -0.2) is 63.6 Å². The summed E-state index contributed by atoms with van der Waals surface area (Å²) in [5, 5.41) is 23.0. The standard InChI is InChI=1S/C23H21ClN8O7/c24-16-3-2-15(10-17(16)31(34)35)23(33)28-27-21-20(32(36)37)22(26-12-25-21)30-7-5-29(6-8-30)11-14-1-4-18-19(9-14)39-13-38-18/h1-4,9-10,12H,5-8,11,13H2,(H,28,33)(H,25,26,27). The Morgan fingerprint density at radius 1 is 1.00 bits per heavy atom. The number of halogens is 1. The Morgan fingerprint density at radius 2 is 1.77 bits per heavy atom. The summed E-state index contributed by atoms with van der Waals surface area (Å²) in [7, 11) is 0. The van der Waals surface area contributed by atoms with Gasteiger partial charge in [0.2, 0.25) is 18.4 Å². The lowest BCUT2D eigenvalue weighted by Gasteiger charge is -2.35. The van der Waals surface area contributed by atoms with Gasteiger partial charge in [-0.3, -0.25) is 40.8 Å². The van der Waals surface area contributed by atoms with Crippen LogP contribution in [0.25, 0.3) is 0 Å². The number of nitrogens with zero attached hydrogens (tertiary/aromatic N) is 6. The molecule has 1 aromatic heterocycles. The predicted molar refractivity (Wildman–Crippen MR) is 138 cm³/mol. The number of hydrogen-bond donors (Lipinski definition) is 2. The quantitative estimate of drug-likeness (QED) is 0.306. The SMILES string of the molecule is O=C(NNc1ncnc(N2CCN(Cc3ccc4c(c3)OCO4)CC2)c1[N+](=O)[O-])c1ccc(Cl)c([N+](=O)[O-])c1. The molecule has 2 aliphatic heterocycles. The van der Waals surface area contributed by atoms with Crippen molar-refractivity contribution >= 4 is 40.5 Å². The van der Waals surface area contributed by atoms with Crippen molar-refractivity contribution in [3.05, 3.63) is 79.1 Å². The molecule has 3 heterocycles. The van der Waals surface area contributed by atoms with Gasteiger partial charge in [0, 0.05) is 44.4 Å². The molecule has 0 unspecified atom stereocenters. The van der Waals surface area contributed by atoms with Crippen LogP contribution in [0.2, 0.25) is 5.02 Å². The number of anilines is 2. The highest BCUT2D eigenvalue weighted by atomic mass is 35.5. The van der Waals surface area contributed by atoms with Crippen molar-refractivity contribution in [2.24, 2.45) is 0 Å². The van der Waals surface area contributed by atoms with Gasteiger partial charge in [-0.2, -0.15) is 0 Å². The van der Waals surface area contributed by atoms with E-state index < -0.39 is 27.1 Å². The highest BCUT2D eigenvalue weighted by molar-refractivity contribution is 6.32. The van der Waals surface area contributed by atoms with E-state index in [-0.39, 0.29) is 29.0 Å². The van der Waals surface area contributed by atoms with Crippen molar-refractivity contribution in [2.45, 2.75) is 6.54 Å². The maximum atomic E-state index is 12.5. The number of carbonyl (C=O) groups is 1. The van der Waals surface area contributed by atoms with Crippen LogP contribution in [0, 0.1) is 20.2 Å². The molecule has 0 spiro atoms. The zero-order chi connectivity index (χ0) is 27.5. The topological polar surface area (TPSA) is 178 Å². The molecule has 39 heavy (non-hydrogen) atoms. The summed E-state index contributed by atoms with van der Waals surface area (Å²) < 4.78 is 10.8. The van der Waals surface area contributed by atoms with Crippen molar-refractivity contribution < 1.29 is 24.1 Å². The molecule has 1 fully saturated rings. The van der Waals surface area contributed by atoms with Gasteiger partial charge in [-0.15, -0.1) is 0 Å². The molecule has 3 aromatic rings. The maximum Gasteiger partial charge on any atom is 0.355 e. The first-order valence-electron chi connectivity index (χ1n) is 11.7. The maximum absolute atomic E-state index is 12.5. The average molecular weight is 557 g/mol. The number of nitro benzene ring substituents is 1. The number of nitro groups is 2. The molecule has 0 bridgehead atoms. The van der Waals surface area contributed by atoms with Crippen LogP contribution in [0.4, 0.5) is 23.0 Å². The molecule has 0 aliphatic carbocycles. The molecule has 1 amide bonds. The lowest BCUT2D eigenvalue weighted by atomic mass is 10.1. The second kappa shape index (κ2) is 10.9. The van der Waals surface area contributed by atoms with Gasteiger partial charge in [0.25, 0.3) is 11.6 Å². The van der Waals surface area contributed by atoms with Crippen molar-refractivity contribution in [2.75, 3.05) is 43.3 Å². The van der Waals surface area contributed by atoms with Crippen molar-refractivity contribution in [3.8, 4) is 11.5 Å². The van der Waals surface area contributed by atoms with E-state index in [9.17, 15) is 25.0 Å². The third-order valence-corrected chi connectivity index (χ3v) is 6.52. The number of ether oxygens (including phenoxy) is 2. The monoisotopic (exact) mass is 556 g/mol. The summed E-state index contributed by atoms with van der Waals surface area (Å²) in [4.78, 5) is 46.3. The van der Waals surface area contributed by atoms with Crippen LogP contribution < -0.4 is 25.2 Å². The fourth-order valence-electron chi connectivity index (χ4n) is 4.26. The number of nitrogens with one attached hydrogen (secondary N) is 2. The zero-order valence-corrected chi connectivity index (χ0v) is 21.0. The average Bonchev–Trinajstić information content (AvgIpc) is 3.40. The summed E-state index contributed by atoms with van der Waals surface area (Å²) in [6.45, 7) is 3.09. The third-order valence-electron chi connectivity index (χ3n) is 6.20. The molecule has 2 N–H and O–H groups in total. The van der Waals surface area contributed by atoms with E-state index in [2.05, 4.69) is 25.7 Å². The number of hydrazine groups is 1. The number of benzene rings is 2. The Labute approximate surface area is 225 Å². The Bertz CT molecular complexity index is 1450. The molecule has 0 atom stereocenters. The second-order valence-corrected chi connectivity index (χ2v) is 9.01. The predicted octanol–water partition coefficient (Wildman–Crippen LogP) is 2.75. The zero-order valence-electron chi connectivity index (χ0n) is 20.2. The molecule has 16 heteroatoms. The number of amides is 1. The van der Waals surface area contributed by atoms with Gasteiger partial charge in [0.1, 0.15) is 11.3 Å². The van der Waals surface area contributed by atoms with Crippen LogP contribution in [0.15, 0.2) is 42.7 Å². The Kier molecular flexibility index (Phi) is 7.25. The van der Waals surface area contributed by atoms with E-state index in [0.717, 1.165) is 23.7 Å². The van der Waals surface area contributed by atoms with Crippen LogP contribution in [0.3, 0.4) is 0 Å². The van der Waals surface area contributed by atoms with Crippen LogP contribution >= 0.6 is 11.6 Å². The summed E-state index contributed by atoms with van der Waals surface area (Å²) in [6, 6.07) is 9.30. The largest absolute Gasteiger partial charge is 0.454 e. The number of piperazine rings is 1. The van der Waals surface area contributed by atoms with Gasteiger partial charge >= 0.3 is 5.69 Å². The summed E-state index contributed by atoms with van der Waals surface area (Å²) >= 11 is 5.79. The normalized spacial score (nSPS) is 14.6. The van der Waals surface area contributed by atoms with Crippen molar-refractivity contribution in [1.29, 1.82) is 0 Å². The molecule has 0 radical (unpaired) electrons. The number of aromatic nitrogens is 2. The number of fused-ring (bicyclic) bond motifs is 1. The Morgan fingerprint density at radius 3 is 2.51 bits per heavy atom. The van der Waals surface area contributed by atoms with Gasteiger partial charge < -0.3 is 14.4 Å². The van der Waals surface area contributed by atoms with E-state index in [4.69, 9.17) is 21.1 Å². The number of hydrogen-bond acceptors (Lipinski definition) is 12. The lowest BCUT2D eigenvalue weighted by molar-refractivity contribution is -0.384. The summed E-state index contributed by atoms with van der Waals surface area (Å²) in [5.41, 5.74) is 4.86. The molecule has 15 nitrogen and oxygen atoms in total. The minimum atomic E-state index is -0.777. The van der Waals surface area contributed by atoms with E-state index >= 15 is 0 Å². The summed E-state index contributed by atoms with van der Waals surface area (Å²) in [6.07, 6.45) is 1.16. The van der Waals surface area contributed by atoms with Gasteiger partial charge in [0.15, 0.2) is 11.5 Å². The Hall–Kier alpha value is -4.76. The fraction of sp³-hybridized carbons (Fsp3) is 0.261. The molecule has 5 rings (SSSR count). The van der Waals surface area contributed by atoms with E-state index in [1.54, 1.807) is 4.90 Å². The first-order chi connectivity index (χ1) is 18.8. The molecular formula is C23H21ClN8O7. The summed E-state index contributed by atoms with van der Waals surface area (Å²) in [5.74, 6) is 0.529. The van der Waals surface area contributed by atoms with Gasteiger partial charge in [-0.05, 0) is 29.8 Å². The molecule has 2 aliphatic rings. The van der Waals surface area contributed by atoms with Crippen molar-refractivity contribution in [3.63, 3.8) is 0 Å². The highest BCUT2D eigenvalue weighted by Crippen LogP contribution is 2.34. The van der Waals surface area contributed by atoms with E-state index in [1.807, 2.05) is 18.2 Å². The molecular weight excluding hydrogens is 536 g/mol. The number of carbonyl (C=O) groups excluding carboxylic acids is 1. The minimum Gasteiger partial charge on any atom is -0.454 e. The molecule has 1 saturated heterocycles. The van der Waals surface area contributed by atoms with Gasteiger partial charge in [-0.1, -0.05) is 17.7 Å². The minimum absolute atomic E-state index is 0.0749. The third kappa shape index (κ3) is 5.58. The van der Waals surface area contributed by atoms with Crippen LogP contribution in [-0.2, 0) is 6.54 Å². The first kappa shape index (κ1) is 25.9. The van der Waals surface area contributed by atoms with Crippen LogP contribution in [0.5, 0.6) is 11.5 Å². The molecule has 0 saturated carbocycles. The van der Waals surface area contributed by atoms with E-state index in [1.165, 1.54) is 12.1 Å². The highest BCUT2D eigenvalue weighted by Gasteiger charge is 2.30. The lowest BCUT2D eigenvalue weighted by Crippen LogP contribution is -2.46. The second-order valence-electron chi connectivity index (χ2n) is 8.60. The smallest absolute Gasteiger partial charge is 0.355 e. The van der Waals surface area contributed by atoms with Crippen LogP contribution in [0.1, 0.15) is 15.9 Å². The van der Waals surface area contributed by atoms with Gasteiger partial charge in [-0.25, -0.2) is 9.97 Å². The fourth-order valence-corrected chi connectivity index (χ4v) is 4.44. The number of rotatable bonds is 8. The Balaban J connectivity index is 1.25.